The summed E-state index contributed by atoms with van der Waals surface area (Å²) < 4.78 is 2.04. The molecule has 2 aliphatic rings. The molecule has 1 N–H and O–H groups in total. The van der Waals surface area contributed by atoms with Crippen LogP contribution in [0.25, 0.3) is 0 Å². The lowest BCUT2D eigenvalue weighted by atomic mass is 10.2. The van der Waals surface area contributed by atoms with Gasteiger partial charge in [-0.05, 0) is 25.9 Å². The molecule has 0 aliphatic carbocycles. The van der Waals surface area contributed by atoms with Crippen molar-refractivity contribution < 1.29 is 9.90 Å². The second kappa shape index (κ2) is 6.79. The van der Waals surface area contributed by atoms with Crippen LogP contribution < -0.4 is 0 Å². The van der Waals surface area contributed by atoms with Gasteiger partial charge in [-0.2, -0.15) is 0 Å². The number of hydrogen-bond donors (Lipinski definition) is 1. The van der Waals surface area contributed by atoms with E-state index in [9.17, 15) is 9.90 Å². The third-order valence-electron chi connectivity index (χ3n) is 4.91. The molecule has 3 rings (SSSR count). The number of aryl methyl sites for hydroxylation is 2. The van der Waals surface area contributed by atoms with Gasteiger partial charge in [-0.3, -0.25) is 9.69 Å². The minimum atomic E-state index is -0.401. The van der Waals surface area contributed by atoms with Gasteiger partial charge in [0.25, 0.3) is 0 Å². The van der Waals surface area contributed by atoms with Gasteiger partial charge in [0.05, 0.1) is 12.1 Å². The van der Waals surface area contributed by atoms with E-state index in [-0.39, 0.29) is 11.9 Å². The summed E-state index contributed by atoms with van der Waals surface area (Å²) in [5, 5.41) is 10.3. The van der Waals surface area contributed by atoms with E-state index in [2.05, 4.69) is 16.8 Å². The van der Waals surface area contributed by atoms with Crippen LogP contribution in [0.4, 0.5) is 0 Å². The van der Waals surface area contributed by atoms with Crippen molar-refractivity contribution in [1.82, 2.24) is 19.4 Å². The highest BCUT2D eigenvalue weighted by atomic mass is 16.3. The lowest BCUT2D eigenvalue weighted by Crippen LogP contribution is -2.41. The molecule has 122 valence electrons. The van der Waals surface area contributed by atoms with Gasteiger partial charge in [0, 0.05) is 44.9 Å². The number of amides is 1. The van der Waals surface area contributed by atoms with Gasteiger partial charge in [-0.25, -0.2) is 4.98 Å². The zero-order valence-electron chi connectivity index (χ0n) is 13.3. The van der Waals surface area contributed by atoms with E-state index in [1.807, 2.05) is 15.7 Å². The zero-order chi connectivity index (χ0) is 15.5. The molecule has 6 heteroatoms. The number of rotatable bonds is 5. The molecular formula is C16H26N4O2. The molecule has 2 fully saturated rings. The van der Waals surface area contributed by atoms with Crippen molar-refractivity contribution >= 4 is 5.91 Å². The molecule has 1 amide bonds. The third-order valence-corrected chi connectivity index (χ3v) is 4.91. The maximum Gasteiger partial charge on any atom is 0.224 e. The Bertz CT molecular complexity index is 510. The van der Waals surface area contributed by atoms with Gasteiger partial charge >= 0.3 is 0 Å². The predicted molar refractivity (Wildman–Crippen MR) is 83.4 cm³/mol. The van der Waals surface area contributed by atoms with Crippen molar-refractivity contribution in [3.63, 3.8) is 0 Å². The molecule has 2 saturated heterocycles. The van der Waals surface area contributed by atoms with Crippen molar-refractivity contribution in [1.29, 1.82) is 0 Å². The van der Waals surface area contributed by atoms with Crippen molar-refractivity contribution in [2.24, 2.45) is 0 Å². The average Bonchev–Trinajstić information content (AvgIpc) is 3.24. The molecule has 0 aromatic carbocycles. The fourth-order valence-electron chi connectivity index (χ4n) is 3.64. The number of aliphatic hydroxyl groups is 1. The number of aromatic nitrogens is 2. The van der Waals surface area contributed by atoms with E-state index in [1.54, 1.807) is 6.20 Å². The number of hydrogen-bond acceptors (Lipinski definition) is 4. The van der Waals surface area contributed by atoms with Gasteiger partial charge in [0.2, 0.25) is 5.91 Å². The summed E-state index contributed by atoms with van der Waals surface area (Å²) in [5.41, 5.74) is 0. The first-order valence-electron chi connectivity index (χ1n) is 8.39. The molecule has 2 atom stereocenters. The fourth-order valence-corrected chi connectivity index (χ4v) is 3.64. The van der Waals surface area contributed by atoms with E-state index >= 15 is 0 Å². The highest BCUT2D eigenvalue weighted by Crippen LogP contribution is 2.21. The van der Waals surface area contributed by atoms with E-state index < -0.39 is 6.10 Å². The molecule has 0 bridgehead atoms. The monoisotopic (exact) mass is 306 g/mol. The molecule has 0 unspecified atom stereocenters. The highest BCUT2D eigenvalue weighted by molar-refractivity contribution is 5.76. The number of imidazole rings is 1. The number of carbonyl (C=O) groups is 1. The Morgan fingerprint density at radius 3 is 2.86 bits per heavy atom. The van der Waals surface area contributed by atoms with Crippen LogP contribution in [-0.2, 0) is 17.8 Å². The quantitative estimate of drug-likeness (QED) is 0.861. The molecule has 3 heterocycles. The van der Waals surface area contributed by atoms with Crippen LogP contribution in [0.15, 0.2) is 12.4 Å². The van der Waals surface area contributed by atoms with Crippen LogP contribution in [0.5, 0.6) is 0 Å². The molecule has 22 heavy (non-hydrogen) atoms. The normalized spacial score (nSPS) is 26.0. The minimum absolute atomic E-state index is 0.130. The molecular weight excluding hydrogens is 280 g/mol. The van der Waals surface area contributed by atoms with Gasteiger partial charge in [0.15, 0.2) is 0 Å². The Labute approximate surface area is 131 Å². The Morgan fingerprint density at radius 1 is 1.36 bits per heavy atom. The maximum absolute atomic E-state index is 12.4. The maximum atomic E-state index is 12.4. The lowest BCUT2D eigenvalue weighted by molar-refractivity contribution is -0.130. The van der Waals surface area contributed by atoms with Gasteiger partial charge in [0.1, 0.15) is 5.82 Å². The van der Waals surface area contributed by atoms with Crippen molar-refractivity contribution in [2.45, 2.75) is 51.3 Å². The zero-order valence-corrected chi connectivity index (χ0v) is 13.3. The summed E-state index contributed by atoms with van der Waals surface area (Å²) in [6, 6.07) is 0.130. The summed E-state index contributed by atoms with van der Waals surface area (Å²) in [6.07, 6.45) is 7.07. The average molecular weight is 306 g/mol. The first-order chi connectivity index (χ1) is 10.7. The van der Waals surface area contributed by atoms with Crippen molar-refractivity contribution in [2.75, 3.05) is 26.2 Å². The largest absolute Gasteiger partial charge is 0.390 e. The number of β-amino-alcohol motifs (C(OH)–C–C–N with tert-alkyl or cyclic N) is 1. The Kier molecular flexibility index (Phi) is 4.78. The molecule has 2 aliphatic heterocycles. The van der Waals surface area contributed by atoms with E-state index in [0.717, 1.165) is 25.3 Å². The second-order valence-electron chi connectivity index (χ2n) is 6.32. The summed E-state index contributed by atoms with van der Waals surface area (Å²) in [4.78, 5) is 20.9. The SMILES string of the molecule is CCc1nccn1CCC(=O)N1C[C@@H](O)[C@H](N2CCCC2)C1. The predicted octanol–water partition coefficient (Wildman–Crippen LogP) is 0.503. The Morgan fingerprint density at radius 2 is 2.14 bits per heavy atom. The van der Waals surface area contributed by atoms with Crippen LogP contribution in [0.1, 0.15) is 32.0 Å². The summed E-state index contributed by atoms with van der Waals surface area (Å²) in [5.74, 6) is 1.15. The molecule has 0 radical (unpaired) electrons. The number of likely N-dealkylation sites (tertiary alicyclic amines) is 2. The fraction of sp³-hybridized carbons (Fsp3) is 0.750. The summed E-state index contributed by atoms with van der Waals surface area (Å²) >= 11 is 0. The molecule has 6 nitrogen and oxygen atoms in total. The second-order valence-corrected chi connectivity index (χ2v) is 6.32. The smallest absolute Gasteiger partial charge is 0.224 e. The van der Waals surface area contributed by atoms with E-state index in [4.69, 9.17) is 0 Å². The lowest BCUT2D eigenvalue weighted by Gasteiger charge is -2.25. The first-order valence-corrected chi connectivity index (χ1v) is 8.39. The van der Waals surface area contributed by atoms with Crippen LogP contribution >= 0.6 is 0 Å². The Hall–Kier alpha value is -1.40. The molecule has 0 saturated carbocycles. The first kappa shape index (κ1) is 15.5. The topological polar surface area (TPSA) is 61.6 Å². The third kappa shape index (κ3) is 3.17. The van der Waals surface area contributed by atoms with Crippen LogP contribution in [0.3, 0.4) is 0 Å². The molecule has 0 spiro atoms. The Balaban J connectivity index is 1.52. The van der Waals surface area contributed by atoms with E-state index in [1.165, 1.54) is 12.8 Å². The summed E-state index contributed by atoms with van der Waals surface area (Å²) in [6.45, 7) is 5.99. The molecule has 1 aromatic heterocycles. The number of carbonyl (C=O) groups excluding carboxylic acids is 1. The summed E-state index contributed by atoms with van der Waals surface area (Å²) in [7, 11) is 0. The van der Waals surface area contributed by atoms with Crippen molar-refractivity contribution in [3.8, 4) is 0 Å². The number of aliphatic hydroxyl groups excluding tert-OH is 1. The van der Waals surface area contributed by atoms with Crippen molar-refractivity contribution in [3.05, 3.63) is 18.2 Å². The van der Waals surface area contributed by atoms with Gasteiger partial charge in [-0.15, -0.1) is 0 Å². The standard InChI is InChI=1S/C16H26N4O2/c1-2-15-17-6-10-19(15)9-5-16(22)20-11-13(14(21)12-20)18-7-3-4-8-18/h6,10,13-14,21H,2-5,7-9,11-12H2,1H3/t13-,14-/m1/s1. The van der Waals surface area contributed by atoms with Crippen LogP contribution in [0.2, 0.25) is 0 Å². The highest BCUT2D eigenvalue weighted by Gasteiger charge is 2.38. The van der Waals surface area contributed by atoms with Gasteiger partial charge < -0.3 is 14.6 Å². The molecule has 1 aromatic rings. The number of nitrogens with zero attached hydrogens (tertiary/aromatic N) is 4. The van der Waals surface area contributed by atoms with Crippen LogP contribution in [-0.4, -0.2) is 68.7 Å². The van der Waals surface area contributed by atoms with Crippen LogP contribution in [0, 0.1) is 0 Å². The van der Waals surface area contributed by atoms with Gasteiger partial charge in [-0.1, -0.05) is 6.92 Å². The van der Waals surface area contributed by atoms with E-state index in [0.29, 0.717) is 26.1 Å². The minimum Gasteiger partial charge on any atom is -0.390 e.